The molecule has 1 heterocycles. The molecule has 1 aromatic carbocycles. The summed E-state index contributed by atoms with van der Waals surface area (Å²) < 4.78 is 0. The van der Waals surface area contributed by atoms with Gasteiger partial charge in [0, 0.05) is 12.5 Å². The first-order chi connectivity index (χ1) is 10.1. The van der Waals surface area contributed by atoms with Crippen LogP contribution in [0.2, 0.25) is 0 Å². The number of nitrogens with one attached hydrogen (secondary N) is 2. The standard InChI is InChI=1S/C16H22N2O3/c1-11-13(9-10-17-11)16(21)18-14(7-8-15(19)20)12-5-3-2-4-6-12/h2-6,11,13-14,17H,7-10H2,1H3,(H,18,21)(H,19,20). The molecule has 114 valence electrons. The summed E-state index contributed by atoms with van der Waals surface area (Å²) in [4.78, 5) is 23.2. The van der Waals surface area contributed by atoms with Gasteiger partial charge in [-0.15, -0.1) is 0 Å². The molecule has 0 bridgehead atoms. The average molecular weight is 290 g/mol. The monoisotopic (exact) mass is 290 g/mol. The molecule has 1 amide bonds. The van der Waals surface area contributed by atoms with Gasteiger partial charge in [0.05, 0.1) is 12.0 Å². The van der Waals surface area contributed by atoms with Crippen molar-refractivity contribution < 1.29 is 14.7 Å². The minimum Gasteiger partial charge on any atom is -0.481 e. The van der Waals surface area contributed by atoms with Crippen molar-refractivity contribution in [3.8, 4) is 0 Å². The van der Waals surface area contributed by atoms with Crippen molar-refractivity contribution in [3.63, 3.8) is 0 Å². The smallest absolute Gasteiger partial charge is 0.303 e. The molecule has 1 aliphatic rings. The van der Waals surface area contributed by atoms with Crippen molar-refractivity contribution in [2.75, 3.05) is 6.54 Å². The van der Waals surface area contributed by atoms with Crippen LogP contribution in [0.4, 0.5) is 0 Å². The average Bonchev–Trinajstić information content (AvgIpc) is 2.90. The van der Waals surface area contributed by atoms with E-state index in [4.69, 9.17) is 5.11 Å². The Hall–Kier alpha value is -1.88. The van der Waals surface area contributed by atoms with E-state index in [9.17, 15) is 9.59 Å². The highest BCUT2D eigenvalue weighted by Gasteiger charge is 2.30. The first-order valence-electron chi connectivity index (χ1n) is 7.38. The molecule has 1 aliphatic heterocycles. The number of carbonyl (C=O) groups is 2. The highest BCUT2D eigenvalue weighted by atomic mass is 16.4. The van der Waals surface area contributed by atoms with Crippen LogP contribution in [-0.4, -0.2) is 29.6 Å². The molecule has 5 heteroatoms. The second kappa shape index (κ2) is 7.22. The fourth-order valence-electron chi connectivity index (χ4n) is 2.77. The fourth-order valence-corrected chi connectivity index (χ4v) is 2.77. The Balaban J connectivity index is 2.04. The van der Waals surface area contributed by atoms with Crippen molar-refractivity contribution in [2.24, 2.45) is 5.92 Å². The third-order valence-electron chi connectivity index (χ3n) is 4.03. The lowest BCUT2D eigenvalue weighted by Gasteiger charge is -2.22. The van der Waals surface area contributed by atoms with E-state index < -0.39 is 5.97 Å². The Morgan fingerprint density at radius 2 is 2.10 bits per heavy atom. The Morgan fingerprint density at radius 3 is 2.67 bits per heavy atom. The van der Waals surface area contributed by atoms with E-state index in [1.54, 1.807) is 0 Å². The van der Waals surface area contributed by atoms with Crippen molar-refractivity contribution in [1.82, 2.24) is 10.6 Å². The van der Waals surface area contributed by atoms with Gasteiger partial charge < -0.3 is 15.7 Å². The first-order valence-corrected chi connectivity index (χ1v) is 7.38. The maximum atomic E-state index is 12.4. The number of hydrogen-bond donors (Lipinski definition) is 3. The predicted molar refractivity (Wildman–Crippen MR) is 79.8 cm³/mol. The van der Waals surface area contributed by atoms with Gasteiger partial charge in [-0.25, -0.2) is 0 Å². The summed E-state index contributed by atoms with van der Waals surface area (Å²) in [6.07, 6.45) is 1.27. The number of carbonyl (C=O) groups excluding carboxylic acids is 1. The lowest BCUT2D eigenvalue weighted by molar-refractivity contribution is -0.137. The van der Waals surface area contributed by atoms with E-state index >= 15 is 0 Å². The molecular formula is C16H22N2O3. The number of aliphatic carboxylic acids is 1. The van der Waals surface area contributed by atoms with Crippen LogP contribution >= 0.6 is 0 Å². The zero-order valence-electron chi connectivity index (χ0n) is 12.2. The molecule has 0 aromatic heterocycles. The Kier molecular flexibility index (Phi) is 5.33. The van der Waals surface area contributed by atoms with E-state index in [1.807, 2.05) is 37.3 Å². The van der Waals surface area contributed by atoms with Gasteiger partial charge in [-0.1, -0.05) is 30.3 Å². The molecule has 0 radical (unpaired) electrons. The van der Waals surface area contributed by atoms with Gasteiger partial charge in [-0.3, -0.25) is 9.59 Å². The van der Waals surface area contributed by atoms with Crippen molar-refractivity contribution >= 4 is 11.9 Å². The summed E-state index contributed by atoms with van der Waals surface area (Å²) in [7, 11) is 0. The van der Waals surface area contributed by atoms with Crippen LogP contribution in [0.5, 0.6) is 0 Å². The Labute approximate surface area is 124 Å². The van der Waals surface area contributed by atoms with Crippen LogP contribution in [0.3, 0.4) is 0 Å². The normalized spacial score (nSPS) is 22.7. The Bertz CT molecular complexity index is 490. The zero-order chi connectivity index (χ0) is 15.2. The number of rotatable bonds is 6. The molecular weight excluding hydrogens is 268 g/mol. The van der Waals surface area contributed by atoms with E-state index in [0.29, 0.717) is 6.42 Å². The minimum atomic E-state index is -0.846. The third-order valence-corrected chi connectivity index (χ3v) is 4.03. The van der Waals surface area contributed by atoms with Gasteiger partial charge in [0.2, 0.25) is 5.91 Å². The van der Waals surface area contributed by atoms with Crippen molar-refractivity contribution in [2.45, 2.75) is 38.3 Å². The van der Waals surface area contributed by atoms with Crippen LogP contribution in [-0.2, 0) is 9.59 Å². The van der Waals surface area contributed by atoms with Crippen molar-refractivity contribution in [1.29, 1.82) is 0 Å². The summed E-state index contributed by atoms with van der Waals surface area (Å²) in [5.74, 6) is -0.881. The molecule has 0 aliphatic carbocycles. The molecule has 3 unspecified atom stereocenters. The van der Waals surface area contributed by atoms with E-state index in [1.165, 1.54) is 0 Å². The van der Waals surface area contributed by atoms with E-state index in [2.05, 4.69) is 10.6 Å². The maximum absolute atomic E-state index is 12.4. The van der Waals surface area contributed by atoms with Gasteiger partial charge in [0.15, 0.2) is 0 Å². The predicted octanol–water partition coefficient (Wildman–Crippen LogP) is 1.71. The lowest BCUT2D eigenvalue weighted by atomic mass is 9.97. The van der Waals surface area contributed by atoms with Crippen LogP contribution in [0.1, 0.15) is 37.8 Å². The third kappa shape index (κ3) is 4.29. The maximum Gasteiger partial charge on any atom is 0.303 e. The first kappa shape index (κ1) is 15.5. The number of benzene rings is 1. The molecule has 5 nitrogen and oxygen atoms in total. The lowest BCUT2D eigenvalue weighted by Crippen LogP contribution is -2.38. The van der Waals surface area contributed by atoms with Gasteiger partial charge >= 0.3 is 5.97 Å². The van der Waals surface area contributed by atoms with Crippen molar-refractivity contribution in [3.05, 3.63) is 35.9 Å². The van der Waals surface area contributed by atoms with E-state index in [0.717, 1.165) is 18.5 Å². The van der Waals surface area contributed by atoms with Gasteiger partial charge in [-0.05, 0) is 31.9 Å². The number of carboxylic acid groups (broad SMARTS) is 1. The minimum absolute atomic E-state index is 0.00624. The molecule has 3 atom stereocenters. The molecule has 0 spiro atoms. The van der Waals surface area contributed by atoms with Crippen LogP contribution in [0.15, 0.2) is 30.3 Å². The molecule has 1 aromatic rings. The molecule has 1 saturated heterocycles. The zero-order valence-corrected chi connectivity index (χ0v) is 12.2. The van der Waals surface area contributed by atoms with E-state index in [-0.39, 0.29) is 30.3 Å². The van der Waals surface area contributed by atoms with Gasteiger partial charge in [0.25, 0.3) is 0 Å². The number of carboxylic acids is 1. The quantitative estimate of drug-likeness (QED) is 0.745. The molecule has 1 fully saturated rings. The van der Waals surface area contributed by atoms with Gasteiger partial charge in [0.1, 0.15) is 0 Å². The molecule has 2 rings (SSSR count). The van der Waals surface area contributed by atoms with Crippen LogP contribution < -0.4 is 10.6 Å². The summed E-state index contributed by atoms with van der Waals surface area (Å²) >= 11 is 0. The highest BCUT2D eigenvalue weighted by molar-refractivity contribution is 5.80. The summed E-state index contributed by atoms with van der Waals surface area (Å²) in [5.41, 5.74) is 0.950. The second-order valence-electron chi connectivity index (χ2n) is 5.54. The van der Waals surface area contributed by atoms with Crippen LogP contribution in [0.25, 0.3) is 0 Å². The topological polar surface area (TPSA) is 78.4 Å². The molecule has 0 saturated carbocycles. The van der Waals surface area contributed by atoms with Gasteiger partial charge in [-0.2, -0.15) is 0 Å². The second-order valence-corrected chi connectivity index (χ2v) is 5.54. The summed E-state index contributed by atoms with van der Waals surface area (Å²) in [6, 6.07) is 9.46. The fraction of sp³-hybridized carbons (Fsp3) is 0.500. The number of hydrogen-bond acceptors (Lipinski definition) is 3. The largest absolute Gasteiger partial charge is 0.481 e. The Morgan fingerprint density at radius 1 is 1.38 bits per heavy atom. The summed E-state index contributed by atoms with van der Waals surface area (Å²) in [5, 5.41) is 15.2. The molecule has 3 N–H and O–H groups in total. The number of amides is 1. The SMILES string of the molecule is CC1NCCC1C(=O)NC(CCC(=O)O)c1ccccc1. The summed E-state index contributed by atoms with van der Waals surface area (Å²) in [6.45, 7) is 2.86. The molecule has 21 heavy (non-hydrogen) atoms. The highest BCUT2D eigenvalue weighted by Crippen LogP contribution is 2.21. The van der Waals surface area contributed by atoms with Crippen LogP contribution in [0, 0.1) is 5.92 Å².